The molecule has 36 heavy (non-hydrogen) atoms. The van der Waals surface area contributed by atoms with Crippen molar-refractivity contribution in [3.05, 3.63) is 57.1 Å². The van der Waals surface area contributed by atoms with E-state index >= 15 is 0 Å². The summed E-state index contributed by atoms with van der Waals surface area (Å²) < 4.78 is 42.7. The molecule has 1 amide bonds. The van der Waals surface area contributed by atoms with Gasteiger partial charge in [0.2, 0.25) is 0 Å². The molecular formula is C24H25Cl2NO8S. The Morgan fingerprint density at radius 3 is 2.25 bits per heavy atom. The zero-order valence-corrected chi connectivity index (χ0v) is 22.6. The fourth-order valence-corrected chi connectivity index (χ4v) is 5.48. The summed E-state index contributed by atoms with van der Waals surface area (Å²) in [6.07, 6.45) is 0. The van der Waals surface area contributed by atoms with Gasteiger partial charge in [-0.15, -0.1) is 0 Å². The Morgan fingerprint density at radius 1 is 1.08 bits per heavy atom. The minimum atomic E-state index is -4.40. The molecule has 2 aromatic rings. The predicted octanol–water partition coefficient (Wildman–Crippen LogP) is 4.80. The molecule has 0 saturated carbocycles. The number of carbonyl (C=O) groups is 3. The van der Waals surface area contributed by atoms with Crippen molar-refractivity contribution >= 4 is 51.1 Å². The molecule has 0 saturated heterocycles. The Kier molecular flexibility index (Phi) is 7.92. The zero-order chi connectivity index (χ0) is 27.0. The highest BCUT2D eigenvalue weighted by Crippen LogP contribution is 2.39. The van der Waals surface area contributed by atoms with E-state index < -0.39 is 46.8 Å². The summed E-state index contributed by atoms with van der Waals surface area (Å²) in [6.45, 7) is 7.32. The maximum Gasteiger partial charge on any atom is 0.344 e. The van der Waals surface area contributed by atoms with Crippen molar-refractivity contribution in [3.8, 4) is 5.75 Å². The molecule has 0 atom stereocenters. The molecule has 0 N–H and O–H groups in total. The fourth-order valence-electron chi connectivity index (χ4n) is 3.46. The van der Waals surface area contributed by atoms with Crippen LogP contribution < -0.4 is 4.74 Å². The molecule has 0 aliphatic carbocycles. The van der Waals surface area contributed by atoms with Crippen LogP contribution in [0.2, 0.25) is 10.0 Å². The number of nitrogens with zero attached hydrogens (tertiary/aromatic N) is 1. The van der Waals surface area contributed by atoms with Crippen molar-refractivity contribution < 1.29 is 37.0 Å². The summed E-state index contributed by atoms with van der Waals surface area (Å²) in [7, 11) is -4.40. The van der Waals surface area contributed by atoms with Crippen molar-refractivity contribution in [2.24, 2.45) is 0 Å². The molecule has 1 heterocycles. The molecule has 1 aliphatic heterocycles. The number of esters is 2. The second-order valence-electron chi connectivity index (χ2n) is 9.23. The predicted molar refractivity (Wildman–Crippen MR) is 132 cm³/mol. The molecule has 3 rings (SSSR count). The van der Waals surface area contributed by atoms with Gasteiger partial charge in [0.1, 0.15) is 16.2 Å². The lowest BCUT2D eigenvalue weighted by atomic mass is 9.96. The SMILES string of the molecule is CC(C)c1cc(OCC(=O)OC(C)(C)C)cc2c1C(=O)N(COC(=O)c1c(Cl)cccc1Cl)S2(=O)=O. The molecule has 0 unspecified atom stereocenters. The molecule has 0 radical (unpaired) electrons. The van der Waals surface area contributed by atoms with E-state index in [1.165, 1.54) is 24.3 Å². The van der Waals surface area contributed by atoms with Crippen molar-refractivity contribution in [1.82, 2.24) is 4.31 Å². The van der Waals surface area contributed by atoms with E-state index in [0.29, 0.717) is 9.87 Å². The standard InChI is InChI=1S/C24H25Cl2NO8S/c1-13(2)15-9-14(33-11-19(28)35-24(3,4)5)10-18-20(15)22(29)27(36(18,31)32)12-34-23(30)21-16(25)7-6-8-17(21)26/h6-10,13H,11-12H2,1-5H3. The van der Waals surface area contributed by atoms with Crippen LogP contribution >= 0.6 is 23.2 Å². The number of hydrogen-bond acceptors (Lipinski definition) is 8. The number of rotatable bonds is 7. The summed E-state index contributed by atoms with van der Waals surface area (Å²) in [6, 6.07) is 7.03. The summed E-state index contributed by atoms with van der Waals surface area (Å²) in [5.41, 5.74) is -0.531. The minimum absolute atomic E-state index is 0.0141. The normalized spacial score (nSPS) is 14.6. The van der Waals surface area contributed by atoms with Crippen LogP contribution in [-0.2, 0) is 24.3 Å². The number of benzene rings is 2. The van der Waals surface area contributed by atoms with E-state index in [-0.39, 0.29) is 37.7 Å². The van der Waals surface area contributed by atoms with Gasteiger partial charge in [-0.2, -0.15) is 4.31 Å². The summed E-state index contributed by atoms with van der Waals surface area (Å²) in [4.78, 5) is 37.4. The van der Waals surface area contributed by atoms with Gasteiger partial charge in [0.15, 0.2) is 13.3 Å². The molecule has 1 aliphatic rings. The molecule has 194 valence electrons. The van der Waals surface area contributed by atoms with Crippen LogP contribution in [0, 0.1) is 0 Å². The van der Waals surface area contributed by atoms with E-state index in [1.807, 2.05) is 0 Å². The van der Waals surface area contributed by atoms with Gasteiger partial charge in [-0.1, -0.05) is 43.1 Å². The number of amides is 1. The third-order valence-corrected chi connectivity index (χ3v) is 7.35. The van der Waals surface area contributed by atoms with Gasteiger partial charge in [0, 0.05) is 6.07 Å². The number of ether oxygens (including phenoxy) is 3. The second-order valence-corrected chi connectivity index (χ2v) is 11.9. The Hall–Kier alpha value is -2.82. The lowest BCUT2D eigenvalue weighted by Gasteiger charge is -2.19. The average Bonchev–Trinajstić information content (AvgIpc) is 2.94. The van der Waals surface area contributed by atoms with Crippen LogP contribution in [0.4, 0.5) is 0 Å². The quantitative estimate of drug-likeness (QED) is 0.446. The first-order valence-corrected chi connectivity index (χ1v) is 13.0. The zero-order valence-electron chi connectivity index (χ0n) is 20.3. The number of halogens is 2. The van der Waals surface area contributed by atoms with Gasteiger partial charge in [-0.25, -0.2) is 18.0 Å². The van der Waals surface area contributed by atoms with Gasteiger partial charge in [-0.3, -0.25) is 4.79 Å². The lowest BCUT2D eigenvalue weighted by molar-refractivity contribution is -0.157. The third-order valence-electron chi connectivity index (χ3n) is 4.99. The molecule has 0 bridgehead atoms. The Balaban J connectivity index is 1.88. The van der Waals surface area contributed by atoms with Crippen molar-refractivity contribution in [2.45, 2.75) is 51.0 Å². The highest BCUT2D eigenvalue weighted by molar-refractivity contribution is 7.90. The molecule has 0 aromatic heterocycles. The van der Waals surface area contributed by atoms with E-state index in [2.05, 4.69) is 0 Å². The number of fused-ring (bicyclic) bond motifs is 1. The van der Waals surface area contributed by atoms with Crippen LogP contribution in [-0.4, -0.2) is 49.5 Å². The fraction of sp³-hybridized carbons (Fsp3) is 0.375. The van der Waals surface area contributed by atoms with Gasteiger partial charge >= 0.3 is 11.9 Å². The van der Waals surface area contributed by atoms with Crippen molar-refractivity contribution in [3.63, 3.8) is 0 Å². The first-order chi connectivity index (χ1) is 16.6. The number of hydrogen-bond donors (Lipinski definition) is 0. The number of carbonyl (C=O) groups excluding carboxylic acids is 3. The Bertz CT molecular complexity index is 1310. The van der Waals surface area contributed by atoms with Crippen LogP contribution in [0.25, 0.3) is 0 Å². The van der Waals surface area contributed by atoms with Gasteiger partial charge in [0.25, 0.3) is 15.9 Å². The van der Waals surface area contributed by atoms with Crippen LogP contribution in [0.3, 0.4) is 0 Å². The van der Waals surface area contributed by atoms with Crippen LogP contribution in [0.15, 0.2) is 35.2 Å². The minimum Gasteiger partial charge on any atom is -0.482 e. The van der Waals surface area contributed by atoms with Gasteiger partial charge in [0.05, 0.1) is 21.2 Å². The second kappa shape index (κ2) is 10.3. The molecule has 0 fully saturated rings. The molecule has 2 aromatic carbocycles. The smallest absolute Gasteiger partial charge is 0.344 e. The number of sulfonamides is 1. The average molecular weight is 558 g/mol. The third kappa shape index (κ3) is 5.77. The van der Waals surface area contributed by atoms with E-state index in [0.717, 1.165) is 6.07 Å². The van der Waals surface area contributed by atoms with E-state index in [4.69, 9.17) is 37.4 Å². The highest BCUT2D eigenvalue weighted by atomic mass is 35.5. The van der Waals surface area contributed by atoms with E-state index in [9.17, 15) is 22.8 Å². The Labute approximate surface area is 219 Å². The van der Waals surface area contributed by atoms with Crippen molar-refractivity contribution in [2.75, 3.05) is 13.3 Å². The maximum atomic E-state index is 13.2. The first-order valence-electron chi connectivity index (χ1n) is 10.8. The highest BCUT2D eigenvalue weighted by Gasteiger charge is 2.44. The summed E-state index contributed by atoms with van der Waals surface area (Å²) in [5.74, 6) is -2.69. The van der Waals surface area contributed by atoms with Crippen LogP contribution in [0.1, 0.15) is 66.8 Å². The molecule has 9 nitrogen and oxygen atoms in total. The topological polar surface area (TPSA) is 116 Å². The Morgan fingerprint density at radius 2 is 1.69 bits per heavy atom. The van der Waals surface area contributed by atoms with E-state index in [1.54, 1.807) is 34.6 Å². The monoisotopic (exact) mass is 557 g/mol. The van der Waals surface area contributed by atoms with Gasteiger partial charge in [-0.05, 0) is 50.5 Å². The lowest BCUT2D eigenvalue weighted by Crippen LogP contribution is -2.33. The van der Waals surface area contributed by atoms with Gasteiger partial charge < -0.3 is 14.2 Å². The summed E-state index contributed by atoms with van der Waals surface area (Å²) in [5, 5.41) is 0.0283. The summed E-state index contributed by atoms with van der Waals surface area (Å²) >= 11 is 12.0. The molecule has 12 heteroatoms. The molecular weight excluding hydrogens is 533 g/mol. The first kappa shape index (κ1) is 27.8. The maximum absolute atomic E-state index is 13.2. The van der Waals surface area contributed by atoms with Crippen molar-refractivity contribution in [1.29, 1.82) is 0 Å². The van der Waals surface area contributed by atoms with Crippen LogP contribution in [0.5, 0.6) is 5.75 Å². The largest absolute Gasteiger partial charge is 0.482 e. The molecule has 0 spiro atoms.